The van der Waals surface area contributed by atoms with Gasteiger partial charge in [-0.05, 0) is 53.9 Å². The largest absolute Gasteiger partial charge is 0.484 e. The van der Waals surface area contributed by atoms with Gasteiger partial charge in [-0.15, -0.1) is 0 Å². The van der Waals surface area contributed by atoms with Crippen molar-refractivity contribution in [3.05, 3.63) is 95.8 Å². The molecule has 142 valence electrons. The van der Waals surface area contributed by atoms with E-state index >= 15 is 0 Å². The van der Waals surface area contributed by atoms with Gasteiger partial charge in [-0.25, -0.2) is 4.39 Å². The second-order valence-corrected chi connectivity index (χ2v) is 6.15. The Morgan fingerprint density at radius 1 is 0.964 bits per heavy atom. The van der Waals surface area contributed by atoms with Crippen LogP contribution in [0.1, 0.15) is 11.1 Å². The molecule has 0 aliphatic rings. The van der Waals surface area contributed by atoms with Crippen molar-refractivity contribution in [1.29, 1.82) is 0 Å². The van der Waals surface area contributed by atoms with Crippen molar-refractivity contribution >= 4 is 17.8 Å². The summed E-state index contributed by atoms with van der Waals surface area (Å²) in [5, 5.41) is 2.84. The number of nitrogens with one attached hydrogen (secondary N) is 1. The predicted octanol–water partition coefficient (Wildman–Crippen LogP) is 4.31. The maximum Gasteiger partial charge on any atom is 0.257 e. The zero-order valence-corrected chi connectivity index (χ0v) is 15.3. The van der Waals surface area contributed by atoms with E-state index in [-0.39, 0.29) is 24.0 Å². The van der Waals surface area contributed by atoms with Crippen LogP contribution >= 0.6 is 0 Å². The van der Waals surface area contributed by atoms with E-state index in [2.05, 4.69) is 10.3 Å². The van der Waals surface area contributed by atoms with Gasteiger partial charge in [0, 0.05) is 12.8 Å². The summed E-state index contributed by atoms with van der Waals surface area (Å²) < 4.78 is 19.0. The zero-order valence-electron chi connectivity index (χ0n) is 15.3. The van der Waals surface area contributed by atoms with Crippen molar-refractivity contribution in [2.24, 2.45) is 4.99 Å². The minimum Gasteiger partial charge on any atom is -0.484 e. The number of nitrogens with zero attached hydrogens (tertiary/aromatic N) is 1. The average molecular weight is 376 g/mol. The van der Waals surface area contributed by atoms with Crippen LogP contribution in [0.25, 0.3) is 0 Å². The lowest BCUT2D eigenvalue weighted by Crippen LogP contribution is -2.30. The fraction of sp³-hybridized carbons (Fsp3) is 0.130. The van der Waals surface area contributed by atoms with Crippen molar-refractivity contribution in [3.63, 3.8) is 0 Å². The molecule has 0 aliphatic heterocycles. The molecule has 0 saturated carbocycles. The highest BCUT2D eigenvalue weighted by Crippen LogP contribution is 2.17. The highest BCUT2D eigenvalue weighted by atomic mass is 19.1. The zero-order chi connectivity index (χ0) is 19.6. The summed E-state index contributed by atoms with van der Waals surface area (Å²) in [5.41, 5.74) is 2.27. The maximum atomic E-state index is 13.5. The Kier molecular flexibility index (Phi) is 6.90. The minimum atomic E-state index is -0.364. The molecule has 0 bridgehead atoms. The summed E-state index contributed by atoms with van der Waals surface area (Å²) in [6, 6.07) is 23.4. The number of aliphatic imine (C=N–C) groups is 1. The second-order valence-electron chi connectivity index (χ2n) is 6.15. The van der Waals surface area contributed by atoms with E-state index in [1.165, 1.54) is 11.6 Å². The summed E-state index contributed by atoms with van der Waals surface area (Å²) in [4.78, 5) is 16.0. The van der Waals surface area contributed by atoms with Crippen LogP contribution in [0.15, 0.2) is 83.9 Å². The smallest absolute Gasteiger partial charge is 0.257 e. The van der Waals surface area contributed by atoms with Gasteiger partial charge in [0.2, 0.25) is 0 Å². The van der Waals surface area contributed by atoms with E-state index in [0.29, 0.717) is 12.3 Å². The Labute approximate surface area is 163 Å². The van der Waals surface area contributed by atoms with Crippen molar-refractivity contribution in [3.8, 4) is 5.75 Å². The molecule has 1 amide bonds. The molecule has 0 saturated heterocycles. The van der Waals surface area contributed by atoms with Crippen molar-refractivity contribution in [2.75, 3.05) is 13.2 Å². The predicted molar refractivity (Wildman–Crippen MR) is 109 cm³/mol. The van der Waals surface area contributed by atoms with Crippen molar-refractivity contribution < 1.29 is 13.9 Å². The van der Waals surface area contributed by atoms with Gasteiger partial charge in [0.05, 0.1) is 5.69 Å². The SMILES string of the molecule is O=C(COc1ccc(C=Nc2ccccc2F)cc1)NCCc1ccccc1. The number of ether oxygens (including phenoxy) is 1. The van der Waals surface area contributed by atoms with E-state index < -0.39 is 0 Å². The first-order chi connectivity index (χ1) is 13.7. The third kappa shape index (κ3) is 6.06. The molecule has 0 unspecified atom stereocenters. The number of benzene rings is 3. The molecule has 3 aromatic carbocycles. The third-order valence-electron chi connectivity index (χ3n) is 4.03. The van der Waals surface area contributed by atoms with Gasteiger partial charge in [0.1, 0.15) is 11.6 Å². The van der Waals surface area contributed by atoms with Crippen LogP contribution in [0.5, 0.6) is 5.75 Å². The number of amides is 1. The lowest BCUT2D eigenvalue weighted by atomic mass is 10.1. The number of rotatable bonds is 8. The lowest BCUT2D eigenvalue weighted by molar-refractivity contribution is -0.123. The molecule has 0 fully saturated rings. The minimum absolute atomic E-state index is 0.0442. The Bertz CT molecular complexity index is 925. The molecule has 3 aromatic rings. The lowest BCUT2D eigenvalue weighted by Gasteiger charge is -2.08. The first-order valence-electron chi connectivity index (χ1n) is 9.03. The van der Waals surface area contributed by atoms with Crippen LogP contribution in [-0.2, 0) is 11.2 Å². The standard InChI is InChI=1S/C23H21FN2O2/c24-21-8-4-5-9-22(21)26-16-19-10-12-20(13-11-19)28-17-23(27)25-15-14-18-6-2-1-3-7-18/h1-13,16H,14-15,17H2,(H,25,27). The molecular formula is C23H21FN2O2. The summed E-state index contributed by atoms with van der Waals surface area (Å²) >= 11 is 0. The number of carbonyl (C=O) groups excluding carboxylic acids is 1. The molecule has 4 nitrogen and oxygen atoms in total. The normalized spacial score (nSPS) is 10.8. The van der Waals surface area contributed by atoms with Gasteiger partial charge < -0.3 is 10.1 Å². The van der Waals surface area contributed by atoms with Gasteiger partial charge in [0.25, 0.3) is 5.91 Å². The van der Waals surface area contributed by atoms with Gasteiger partial charge >= 0.3 is 0 Å². The van der Waals surface area contributed by atoms with E-state index in [1.807, 2.05) is 30.3 Å². The van der Waals surface area contributed by atoms with Gasteiger partial charge in [-0.1, -0.05) is 42.5 Å². The molecule has 0 radical (unpaired) electrons. The Hall–Kier alpha value is -3.47. The van der Waals surface area contributed by atoms with E-state index in [4.69, 9.17) is 4.74 Å². The summed E-state index contributed by atoms with van der Waals surface area (Å²) in [7, 11) is 0. The van der Waals surface area contributed by atoms with Crippen molar-refractivity contribution in [1.82, 2.24) is 5.32 Å². The average Bonchev–Trinajstić information content (AvgIpc) is 2.73. The molecule has 28 heavy (non-hydrogen) atoms. The molecule has 3 rings (SSSR count). The fourth-order valence-electron chi connectivity index (χ4n) is 2.54. The number of carbonyl (C=O) groups is 1. The van der Waals surface area contributed by atoms with Crippen LogP contribution in [0.3, 0.4) is 0 Å². The van der Waals surface area contributed by atoms with E-state index in [9.17, 15) is 9.18 Å². The Morgan fingerprint density at radius 2 is 1.68 bits per heavy atom. The van der Waals surface area contributed by atoms with Crippen LogP contribution in [0, 0.1) is 5.82 Å². The van der Waals surface area contributed by atoms with Crippen LogP contribution in [-0.4, -0.2) is 25.3 Å². The quantitative estimate of drug-likeness (QED) is 0.596. The summed E-state index contributed by atoms with van der Waals surface area (Å²) in [6.45, 7) is 0.523. The second kappa shape index (κ2) is 10.0. The molecule has 0 aromatic heterocycles. The third-order valence-corrected chi connectivity index (χ3v) is 4.03. The van der Waals surface area contributed by atoms with E-state index in [1.54, 1.807) is 48.7 Å². The van der Waals surface area contributed by atoms with Gasteiger partial charge in [0.15, 0.2) is 6.61 Å². The highest BCUT2D eigenvalue weighted by molar-refractivity contribution is 5.82. The molecule has 0 aliphatic carbocycles. The Morgan fingerprint density at radius 3 is 2.43 bits per heavy atom. The van der Waals surface area contributed by atoms with Crippen molar-refractivity contribution in [2.45, 2.75) is 6.42 Å². The number of hydrogen-bond donors (Lipinski definition) is 1. The van der Waals surface area contributed by atoms with Gasteiger partial charge in [-0.3, -0.25) is 9.79 Å². The maximum absolute atomic E-state index is 13.5. The van der Waals surface area contributed by atoms with Crippen LogP contribution in [0.2, 0.25) is 0 Å². The summed E-state index contributed by atoms with van der Waals surface area (Å²) in [5.74, 6) is 0.0550. The first kappa shape index (κ1) is 19.3. The van der Waals surface area contributed by atoms with Crippen LogP contribution < -0.4 is 10.1 Å². The number of hydrogen-bond acceptors (Lipinski definition) is 3. The molecule has 1 N–H and O–H groups in total. The number of halogens is 1. The molecular weight excluding hydrogens is 355 g/mol. The molecule has 0 heterocycles. The topological polar surface area (TPSA) is 50.7 Å². The summed E-state index contributed by atoms with van der Waals surface area (Å²) in [6.07, 6.45) is 2.36. The fourth-order valence-corrected chi connectivity index (χ4v) is 2.54. The number of para-hydroxylation sites is 1. The molecule has 0 atom stereocenters. The molecule has 5 heteroatoms. The molecule has 0 spiro atoms. The van der Waals surface area contributed by atoms with Crippen LogP contribution in [0.4, 0.5) is 10.1 Å². The first-order valence-corrected chi connectivity index (χ1v) is 9.03. The Balaban J connectivity index is 1.42. The van der Waals surface area contributed by atoms with E-state index in [0.717, 1.165) is 12.0 Å². The monoisotopic (exact) mass is 376 g/mol. The highest BCUT2D eigenvalue weighted by Gasteiger charge is 2.03. The van der Waals surface area contributed by atoms with Gasteiger partial charge in [-0.2, -0.15) is 0 Å².